The van der Waals surface area contributed by atoms with Gasteiger partial charge in [-0.3, -0.25) is 9.59 Å². The van der Waals surface area contributed by atoms with Gasteiger partial charge in [0.1, 0.15) is 5.75 Å². The van der Waals surface area contributed by atoms with Crippen LogP contribution in [0.1, 0.15) is 44.1 Å². The SMILES string of the molecule is COc1ccc(CCCCCC(=O)NCC2(C(=O)O)CCOCC2)cc1. The Morgan fingerprint density at radius 2 is 1.85 bits per heavy atom. The number of hydrogen-bond acceptors (Lipinski definition) is 4. The van der Waals surface area contributed by atoms with Crippen molar-refractivity contribution in [2.24, 2.45) is 5.41 Å². The normalized spacial score (nSPS) is 16.0. The van der Waals surface area contributed by atoms with E-state index in [1.807, 2.05) is 12.1 Å². The third kappa shape index (κ3) is 6.02. The number of unbranched alkanes of at least 4 members (excludes halogenated alkanes) is 2. The summed E-state index contributed by atoms with van der Waals surface area (Å²) in [5.74, 6) is -0.0590. The van der Waals surface area contributed by atoms with E-state index >= 15 is 0 Å². The standard InChI is InChI=1S/C20H29NO5/c1-25-17-9-7-16(8-10-17)5-3-2-4-6-18(22)21-15-20(19(23)24)11-13-26-14-12-20/h7-10H,2-6,11-15H2,1H3,(H,21,22)(H,23,24). The van der Waals surface area contributed by atoms with Crippen LogP contribution in [-0.4, -0.2) is 43.9 Å². The average molecular weight is 363 g/mol. The molecule has 1 aromatic rings. The topological polar surface area (TPSA) is 84.9 Å². The van der Waals surface area contributed by atoms with Crippen molar-refractivity contribution in [3.05, 3.63) is 29.8 Å². The van der Waals surface area contributed by atoms with Crippen molar-refractivity contribution in [1.29, 1.82) is 0 Å². The average Bonchev–Trinajstić information content (AvgIpc) is 2.67. The number of aryl methyl sites for hydroxylation is 1. The van der Waals surface area contributed by atoms with Gasteiger partial charge in [0.15, 0.2) is 0 Å². The van der Waals surface area contributed by atoms with E-state index in [2.05, 4.69) is 17.4 Å². The van der Waals surface area contributed by atoms with Crippen LogP contribution in [-0.2, 0) is 20.7 Å². The maximum absolute atomic E-state index is 12.0. The number of carbonyl (C=O) groups is 2. The molecule has 2 N–H and O–H groups in total. The van der Waals surface area contributed by atoms with Crippen LogP contribution in [0.25, 0.3) is 0 Å². The predicted octanol–water partition coefficient (Wildman–Crippen LogP) is 2.80. The molecule has 1 aliphatic rings. The summed E-state index contributed by atoms with van der Waals surface area (Å²) < 4.78 is 10.4. The number of ether oxygens (including phenoxy) is 2. The lowest BCUT2D eigenvalue weighted by atomic mass is 9.80. The molecule has 0 unspecified atom stereocenters. The Bertz CT molecular complexity index is 578. The van der Waals surface area contributed by atoms with Crippen molar-refractivity contribution in [2.75, 3.05) is 26.9 Å². The van der Waals surface area contributed by atoms with Gasteiger partial charge in [-0.05, 0) is 49.8 Å². The molecule has 6 heteroatoms. The van der Waals surface area contributed by atoms with Crippen molar-refractivity contribution in [2.45, 2.75) is 44.9 Å². The number of rotatable bonds is 10. The molecule has 0 radical (unpaired) electrons. The molecule has 2 rings (SSSR count). The van der Waals surface area contributed by atoms with Crippen LogP contribution in [0, 0.1) is 5.41 Å². The number of aliphatic carboxylic acids is 1. The molecule has 0 spiro atoms. The van der Waals surface area contributed by atoms with Gasteiger partial charge in [0.25, 0.3) is 0 Å². The molecule has 0 saturated carbocycles. The van der Waals surface area contributed by atoms with Gasteiger partial charge < -0.3 is 19.9 Å². The molecule has 0 atom stereocenters. The number of carboxylic acids is 1. The number of nitrogens with one attached hydrogen (secondary N) is 1. The van der Waals surface area contributed by atoms with Crippen LogP contribution >= 0.6 is 0 Å². The summed E-state index contributed by atoms with van der Waals surface area (Å²) in [6, 6.07) is 8.03. The number of hydrogen-bond donors (Lipinski definition) is 2. The van der Waals surface area contributed by atoms with Gasteiger partial charge in [-0.25, -0.2) is 0 Å². The first-order valence-corrected chi connectivity index (χ1v) is 9.26. The molecule has 0 bridgehead atoms. The number of carbonyl (C=O) groups excluding carboxylic acids is 1. The molecule has 0 aromatic heterocycles. The molecule has 1 amide bonds. The zero-order valence-electron chi connectivity index (χ0n) is 15.5. The van der Waals surface area contributed by atoms with Gasteiger partial charge in [-0.15, -0.1) is 0 Å². The Kier molecular flexibility index (Phi) is 7.91. The zero-order chi connectivity index (χ0) is 18.8. The summed E-state index contributed by atoms with van der Waals surface area (Å²) in [6.07, 6.45) is 5.12. The fourth-order valence-electron chi connectivity index (χ4n) is 3.17. The Hall–Kier alpha value is -2.08. The zero-order valence-corrected chi connectivity index (χ0v) is 15.5. The number of benzene rings is 1. The molecule has 0 aliphatic carbocycles. The van der Waals surface area contributed by atoms with Crippen molar-refractivity contribution in [3.63, 3.8) is 0 Å². The molecular weight excluding hydrogens is 334 g/mol. The highest BCUT2D eigenvalue weighted by Gasteiger charge is 2.40. The van der Waals surface area contributed by atoms with Crippen molar-refractivity contribution >= 4 is 11.9 Å². The number of methoxy groups -OCH3 is 1. The second-order valence-electron chi connectivity index (χ2n) is 6.88. The van der Waals surface area contributed by atoms with Crippen molar-refractivity contribution in [1.82, 2.24) is 5.32 Å². The molecule has 1 heterocycles. The highest BCUT2D eigenvalue weighted by atomic mass is 16.5. The third-order valence-electron chi connectivity index (χ3n) is 5.06. The quantitative estimate of drug-likeness (QED) is 0.625. The predicted molar refractivity (Wildman–Crippen MR) is 98.3 cm³/mol. The van der Waals surface area contributed by atoms with E-state index in [1.54, 1.807) is 7.11 Å². The summed E-state index contributed by atoms with van der Waals surface area (Å²) in [5, 5.41) is 12.3. The van der Waals surface area contributed by atoms with Gasteiger partial charge in [-0.2, -0.15) is 0 Å². The molecule has 1 fully saturated rings. The van der Waals surface area contributed by atoms with Gasteiger partial charge in [0.2, 0.25) is 5.91 Å². The lowest BCUT2D eigenvalue weighted by Crippen LogP contribution is -2.46. The minimum absolute atomic E-state index is 0.0680. The molecule has 26 heavy (non-hydrogen) atoms. The maximum atomic E-state index is 12.0. The van der Waals surface area contributed by atoms with Gasteiger partial charge in [0, 0.05) is 26.2 Å². The largest absolute Gasteiger partial charge is 0.497 e. The van der Waals surface area contributed by atoms with Crippen molar-refractivity contribution in [3.8, 4) is 5.75 Å². The van der Waals surface area contributed by atoms with E-state index in [0.29, 0.717) is 32.5 Å². The molecule has 1 aliphatic heterocycles. The second-order valence-corrected chi connectivity index (χ2v) is 6.88. The summed E-state index contributed by atoms with van der Waals surface area (Å²) in [7, 11) is 1.65. The Balaban J connectivity index is 1.61. The molecule has 6 nitrogen and oxygen atoms in total. The first-order valence-electron chi connectivity index (χ1n) is 9.26. The van der Waals surface area contributed by atoms with Crippen LogP contribution in [0.5, 0.6) is 5.75 Å². The van der Waals surface area contributed by atoms with Gasteiger partial charge in [-0.1, -0.05) is 18.6 Å². The second kappa shape index (κ2) is 10.2. The number of amides is 1. The van der Waals surface area contributed by atoms with Crippen LogP contribution < -0.4 is 10.1 Å². The Labute approximate surface area is 154 Å². The highest BCUT2D eigenvalue weighted by molar-refractivity contribution is 5.79. The summed E-state index contributed by atoms with van der Waals surface area (Å²) in [5.41, 5.74) is 0.389. The maximum Gasteiger partial charge on any atom is 0.311 e. The van der Waals surface area contributed by atoms with Crippen molar-refractivity contribution < 1.29 is 24.2 Å². The van der Waals surface area contributed by atoms with E-state index in [9.17, 15) is 14.7 Å². The van der Waals surface area contributed by atoms with Gasteiger partial charge >= 0.3 is 5.97 Å². The minimum atomic E-state index is -0.873. The fourth-order valence-corrected chi connectivity index (χ4v) is 3.17. The van der Waals surface area contributed by atoms with E-state index in [1.165, 1.54) is 5.56 Å². The molecule has 1 saturated heterocycles. The van der Waals surface area contributed by atoms with Crippen LogP contribution in [0.4, 0.5) is 0 Å². The van der Waals surface area contributed by atoms with E-state index in [0.717, 1.165) is 31.4 Å². The van der Waals surface area contributed by atoms with Crippen LogP contribution in [0.3, 0.4) is 0 Å². The van der Waals surface area contributed by atoms with E-state index < -0.39 is 11.4 Å². The number of carboxylic acid groups (broad SMARTS) is 1. The highest BCUT2D eigenvalue weighted by Crippen LogP contribution is 2.30. The lowest BCUT2D eigenvalue weighted by molar-refractivity contribution is -0.154. The van der Waals surface area contributed by atoms with Crippen LogP contribution in [0.2, 0.25) is 0 Å². The Morgan fingerprint density at radius 3 is 2.46 bits per heavy atom. The molecule has 144 valence electrons. The monoisotopic (exact) mass is 363 g/mol. The smallest absolute Gasteiger partial charge is 0.311 e. The van der Waals surface area contributed by atoms with E-state index in [4.69, 9.17) is 9.47 Å². The van der Waals surface area contributed by atoms with Crippen LogP contribution in [0.15, 0.2) is 24.3 Å². The lowest BCUT2D eigenvalue weighted by Gasteiger charge is -2.33. The summed E-state index contributed by atoms with van der Waals surface area (Å²) >= 11 is 0. The van der Waals surface area contributed by atoms with E-state index in [-0.39, 0.29) is 12.5 Å². The molecular formula is C20H29NO5. The third-order valence-corrected chi connectivity index (χ3v) is 5.06. The summed E-state index contributed by atoms with van der Waals surface area (Å²) in [6.45, 7) is 1.07. The Morgan fingerprint density at radius 1 is 1.15 bits per heavy atom. The summed E-state index contributed by atoms with van der Waals surface area (Å²) in [4.78, 5) is 23.6. The molecule has 1 aromatic carbocycles. The first kappa shape index (κ1) is 20.2. The minimum Gasteiger partial charge on any atom is -0.497 e. The first-order chi connectivity index (χ1) is 12.6. The van der Waals surface area contributed by atoms with Gasteiger partial charge in [0.05, 0.1) is 12.5 Å². The fraction of sp³-hybridized carbons (Fsp3) is 0.600.